The number of pyridine rings is 1. The van der Waals surface area contributed by atoms with Crippen LogP contribution in [0.4, 0.5) is 17.6 Å². The maximum Gasteiger partial charge on any atom is 0.271 e. The molecule has 6 heteroatoms. The van der Waals surface area contributed by atoms with Gasteiger partial charge in [-0.3, -0.25) is 0 Å². The van der Waals surface area contributed by atoms with E-state index in [2.05, 4.69) is 9.72 Å². The van der Waals surface area contributed by atoms with Crippen molar-refractivity contribution in [3.05, 3.63) is 23.5 Å². The van der Waals surface area contributed by atoms with Crippen molar-refractivity contribution < 1.29 is 22.3 Å². The van der Waals surface area contributed by atoms with Crippen LogP contribution in [0.3, 0.4) is 0 Å². The highest BCUT2D eigenvalue weighted by Gasteiger charge is 2.23. The third-order valence-electron chi connectivity index (χ3n) is 1.41. The number of rotatable bonds is 2. The van der Waals surface area contributed by atoms with Gasteiger partial charge in [-0.2, -0.15) is 4.39 Å². The molecule has 0 spiro atoms. The summed E-state index contributed by atoms with van der Waals surface area (Å²) in [5.41, 5.74) is -1.36. The minimum atomic E-state index is -3.25. The van der Waals surface area contributed by atoms with Gasteiger partial charge in [0.1, 0.15) is 5.56 Å². The molecule has 0 aliphatic rings. The summed E-state index contributed by atoms with van der Waals surface area (Å²) in [4.78, 5) is 2.92. The molecule has 1 aromatic heterocycles. The van der Waals surface area contributed by atoms with Crippen molar-refractivity contribution in [1.29, 1.82) is 0 Å². The first-order chi connectivity index (χ1) is 6.07. The molecule has 0 amide bonds. The molecular weight excluding hydrogens is 190 g/mol. The van der Waals surface area contributed by atoms with Crippen molar-refractivity contribution in [3.8, 4) is 5.75 Å². The minimum absolute atomic E-state index is 0.503. The number of hydrogen-bond acceptors (Lipinski definition) is 2. The van der Waals surface area contributed by atoms with Gasteiger partial charge in [0.05, 0.1) is 13.3 Å². The van der Waals surface area contributed by atoms with E-state index in [1.54, 1.807) is 0 Å². The number of alkyl halides is 2. The van der Waals surface area contributed by atoms with Crippen LogP contribution in [0.25, 0.3) is 0 Å². The summed E-state index contributed by atoms with van der Waals surface area (Å²) in [7, 11) is 1.08. The van der Waals surface area contributed by atoms with Crippen LogP contribution in [0.15, 0.2) is 6.20 Å². The van der Waals surface area contributed by atoms with Crippen LogP contribution in [-0.2, 0) is 0 Å². The van der Waals surface area contributed by atoms with Crippen LogP contribution in [-0.4, -0.2) is 12.1 Å². The maximum absolute atomic E-state index is 12.9. The Hall–Kier alpha value is -1.33. The Morgan fingerprint density at radius 1 is 1.38 bits per heavy atom. The number of halogens is 4. The number of ether oxygens (including phenoxy) is 1. The molecule has 0 aliphatic heterocycles. The first-order valence-electron chi connectivity index (χ1n) is 3.24. The molecule has 0 atom stereocenters. The number of methoxy groups -OCH3 is 1. The Kier molecular flexibility index (Phi) is 2.69. The van der Waals surface area contributed by atoms with E-state index in [4.69, 9.17) is 0 Å². The molecule has 0 aliphatic carbocycles. The lowest BCUT2D eigenvalue weighted by atomic mass is 10.2. The Balaban J connectivity index is 3.30. The fourth-order valence-corrected chi connectivity index (χ4v) is 0.793. The molecule has 0 fully saturated rings. The molecule has 13 heavy (non-hydrogen) atoms. The average molecular weight is 195 g/mol. The van der Waals surface area contributed by atoms with E-state index in [1.165, 1.54) is 0 Å². The molecule has 1 aromatic rings. The lowest BCUT2D eigenvalue weighted by molar-refractivity contribution is 0.138. The lowest BCUT2D eigenvalue weighted by Crippen LogP contribution is -2.01. The zero-order valence-corrected chi connectivity index (χ0v) is 6.52. The summed E-state index contributed by atoms with van der Waals surface area (Å²) in [5.74, 6) is -3.44. The summed E-state index contributed by atoms with van der Waals surface area (Å²) in [6, 6.07) is 0. The normalized spacial score (nSPS) is 10.6. The van der Waals surface area contributed by atoms with Crippen LogP contribution in [0.5, 0.6) is 5.75 Å². The van der Waals surface area contributed by atoms with Crippen LogP contribution >= 0.6 is 0 Å². The monoisotopic (exact) mass is 195 g/mol. The van der Waals surface area contributed by atoms with E-state index < -0.39 is 29.5 Å². The van der Waals surface area contributed by atoms with E-state index >= 15 is 0 Å². The maximum atomic E-state index is 12.9. The molecule has 1 heterocycles. The zero-order chi connectivity index (χ0) is 10.0. The van der Waals surface area contributed by atoms with Crippen LogP contribution in [0.1, 0.15) is 12.0 Å². The van der Waals surface area contributed by atoms with Gasteiger partial charge in [0.15, 0.2) is 11.6 Å². The zero-order valence-electron chi connectivity index (χ0n) is 6.52. The predicted molar refractivity (Wildman–Crippen MR) is 35.7 cm³/mol. The third-order valence-corrected chi connectivity index (χ3v) is 1.41. The fourth-order valence-electron chi connectivity index (χ4n) is 0.793. The molecule has 0 radical (unpaired) electrons. The fraction of sp³-hybridized carbons (Fsp3) is 0.286. The highest BCUT2D eigenvalue weighted by Crippen LogP contribution is 2.28. The minimum Gasteiger partial charge on any atom is -0.492 e. The Morgan fingerprint density at radius 3 is 2.46 bits per heavy atom. The SMILES string of the molecule is COc1cnc(F)c(C(F)F)c1F. The van der Waals surface area contributed by atoms with Gasteiger partial charge in [0.2, 0.25) is 5.95 Å². The lowest BCUT2D eigenvalue weighted by Gasteiger charge is -2.06. The molecule has 0 saturated heterocycles. The van der Waals surface area contributed by atoms with Gasteiger partial charge in [-0.25, -0.2) is 18.2 Å². The average Bonchev–Trinajstić information content (AvgIpc) is 2.04. The second kappa shape index (κ2) is 3.59. The van der Waals surface area contributed by atoms with Gasteiger partial charge in [0.25, 0.3) is 6.43 Å². The predicted octanol–water partition coefficient (Wildman–Crippen LogP) is 2.31. The summed E-state index contributed by atoms with van der Waals surface area (Å²) in [6.45, 7) is 0. The van der Waals surface area contributed by atoms with Gasteiger partial charge in [-0.1, -0.05) is 0 Å². The number of nitrogens with zero attached hydrogens (tertiary/aromatic N) is 1. The van der Waals surface area contributed by atoms with Crippen LogP contribution in [0.2, 0.25) is 0 Å². The highest BCUT2D eigenvalue weighted by atomic mass is 19.3. The summed E-state index contributed by atoms with van der Waals surface area (Å²) >= 11 is 0. The van der Waals surface area contributed by atoms with Crippen LogP contribution in [0, 0.1) is 11.8 Å². The van der Waals surface area contributed by atoms with Crippen molar-refractivity contribution in [2.75, 3.05) is 7.11 Å². The van der Waals surface area contributed by atoms with Gasteiger partial charge < -0.3 is 4.74 Å². The van der Waals surface area contributed by atoms with Gasteiger partial charge >= 0.3 is 0 Å². The van der Waals surface area contributed by atoms with Crippen LogP contribution < -0.4 is 4.74 Å². The van der Waals surface area contributed by atoms with Crippen molar-refractivity contribution in [1.82, 2.24) is 4.98 Å². The standard InChI is InChI=1S/C7H5F4NO/c1-13-3-2-12-7(11)4(5(3)8)6(9)10/h2,6H,1H3. The molecule has 0 N–H and O–H groups in total. The smallest absolute Gasteiger partial charge is 0.271 e. The van der Waals surface area contributed by atoms with Crippen molar-refractivity contribution >= 4 is 0 Å². The highest BCUT2D eigenvalue weighted by molar-refractivity contribution is 5.28. The first-order valence-corrected chi connectivity index (χ1v) is 3.24. The topological polar surface area (TPSA) is 22.1 Å². The van der Waals surface area contributed by atoms with Gasteiger partial charge in [-0.05, 0) is 0 Å². The molecule has 1 rings (SSSR count). The molecule has 0 bridgehead atoms. The summed E-state index contributed by atoms with van der Waals surface area (Å²) < 4.78 is 53.8. The Morgan fingerprint density at radius 2 is 2.00 bits per heavy atom. The molecule has 0 saturated carbocycles. The number of aromatic nitrogens is 1. The molecule has 72 valence electrons. The van der Waals surface area contributed by atoms with E-state index in [0.717, 1.165) is 7.11 Å². The van der Waals surface area contributed by atoms with E-state index in [9.17, 15) is 17.6 Å². The van der Waals surface area contributed by atoms with E-state index in [0.29, 0.717) is 6.20 Å². The molecule has 0 aromatic carbocycles. The largest absolute Gasteiger partial charge is 0.492 e. The quantitative estimate of drug-likeness (QED) is 0.533. The van der Waals surface area contributed by atoms with Crippen molar-refractivity contribution in [2.24, 2.45) is 0 Å². The van der Waals surface area contributed by atoms with E-state index in [1.807, 2.05) is 0 Å². The Labute approximate surface area is 71.2 Å². The molecular formula is C7H5F4NO. The number of hydrogen-bond donors (Lipinski definition) is 0. The molecule has 0 unspecified atom stereocenters. The summed E-state index contributed by atoms with van der Waals surface area (Å²) in [5, 5.41) is 0. The third kappa shape index (κ3) is 1.71. The first kappa shape index (κ1) is 9.76. The second-order valence-electron chi connectivity index (χ2n) is 2.15. The second-order valence-corrected chi connectivity index (χ2v) is 2.15. The van der Waals surface area contributed by atoms with Crippen molar-refractivity contribution in [3.63, 3.8) is 0 Å². The van der Waals surface area contributed by atoms with Crippen molar-refractivity contribution in [2.45, 2.75) is 6.43 Å². The molecule has 2 nitrogen and oxygen atoms in total. The van der Waals surface area contributed by atoms with Gasteiger partial charge in [-0.15, -0.1) is 0 Å². The summed E-state index contributed by atoms with van der Waals surface area (Å²) in [6.07, 6.45) is -2.54. The van der Waals surface area contributed by atoms with E-state index in [-0.39, 0.29) is 0 Å². The Bertz CT molecular complexity index is 316. The van der Waals surface area contributed by atoms with Gasteiger partial charge in [0, 0.05) is 0 Å².